The van der Waals surface area contributed by atoms with Gasteiger partial charge in [-0.05, 0) is 19.1 Å². The zero-order valence-corrected chi connectivity index (χ0v) is 11.6. The van der Waals surface area contributed by atoms with E-state index in [1.54, 1.807) is 0 Å². The summed E-state index contributed by atoms with van der Waals surface area (Å²) in [7, 11) is 0.989. The van der Waals surface area contributed by atoms with E-state index in [2.05, 4.69) is 14.5 Å². The molecule has 0 aromatic carbocycles. The molecule has 0 saturated carbocycles. The first-order chi connectivity index (χ1) is 10.2. The molecule has 9 heteroatoms. The Bertz CT molecular complexity index is 623. The lowest BCUT2D eigenvalue weighted by Gasteiger charge is -2.13. The van der Waals surface area contributed by atoms with E-state index in [-0.39, 0.29) is 6.61 Å². The van der Waals surface area contributed by atoms with Crippen LogP contribution in [-0.2, 0) is 20.4 Å². The molecule has 0 aliphatic rings. The maximum absolute atomic E-state index is 12.8. The second-order valence-electron chi connectivity index (χ2n) is 3.97. The number of pyridine rings is 1. The number of carbonyl (C=O) groups is 2. The summed E-state index contributed by atoms with van der Waals surface area (Å²) in [6, 6.07) is 2.89. The largest absolute Gasteiger partial charge is 0.465 e. The van der Waals surface area contributed by atoms with E-state index in [1.807, 2.05) is 0 Å². The first kappa shape index (κ1) is 17.4. The molecule has 118 valence electrons. The summed E-state index contributed by atoms with van der Waals surface area (Å²) in [5.74, 6) is -3.77. The van der Waals surface area contributed by atoms with E-state index >= 15 is 0 Å². The molecule has 0 saturated heterocycles. The molecular formula is C13H11F3N2O4. The average molecular weight is 316 g/mol. The van der Waals surface area contributed by atoms with Crippen molar-refractivity contribution in [3.8, 4) is 6.07 Å². The van der Waals surface area contributed by atoms with Gasteiger partial charge < -0.3 is 9.47 Å². The predicted molar refractivity (Wildman–Crippen MR) is 65.6 cm³/mol. The number of nitrogens with zero attached hydrogens (tertiary/aromatic N) is 2. The number of halogens is 3. The fourth-order valence-corrected chi connectivity index (χ4v) is 1.55. The van der Waals surface area contributed by atoms with Crippen LogP contribution in [0.4, 0.5) is 13.2 Å². The summed E-state index contributed by atoms with van der Waals surface area (Å²) in [5, 5.41) is 8.97. The van der Waals surface area contributed by atoms with Crippen LogP contribution in [0, 0.1) is 11.3 Å². The van der Waals surface area contributed by atoms with Crippen LogP contribution in [0.3, 0.4) is 0 Å². The molecule has 22 heavy (non-hydrogen) atoms. The van der Waals surface area contributed by atoms with E-state index in [4.69, 9.17) is 5.26 Å². The van der Waals surface area contributed by atoms with Crippen molar-refractivity contribution in [3.63, 3.8) is 0 Å². The van der Waals surface area contributed by atoms with Crippen LogP contribution in [-0.4, -0.2) is 30.6 Å². The van der Waals surface area contributed by atoms with Gasteiger partial charge >= 0.3 is 18.1 Å². The number of ether oxygens (including phenoxy) is 2. The molecule has 1 aromatic heterocycles. The second kappa shape index (κ2) is 6.89. The highest BCUT2D eigenvalue weighted by Gasteiger charge is 2.35. The van der Waals surface area contributed by atoms with E-state index < -0.39 is 41.0 Å². The fourth-order valence-electron chi connectivity index (χ4n) is 1.55. The quantitative estimate of drug-likeness (QED) is 0.790. The second-order valence-corrected chi connectivity index (χ2v) is 3.97. The number of hydrogen-bond donors (Lipinski definition) is 0. The molecule has 1 atom stereocenters. The Hall–Kier alpha value is -2.63. The molecule has 0 aliphatic carbocycles. The van der Waals surface area contributed by atoms with Crippen molar-refractivity contribution in [2.24, 2.45) is 0 Å². The summed E-state index contributed by atoms with van der Waals surface area (Å²) in [6.45, 7) is 1.42. The van der Waals surface area contributed by atoms with Gasteiger partial charge in [0.2, 0.25) is 0 Å². The van der Waals surface area contributed by atoms with Crippen LogP contribution < -0.4 is 0 Å². The van der Waals surface area contributed by atoms with Gasteiger partial charge in [-0.3, -0.25) is 4.79 Å². The number of hydrogen-bond acceptors (Lipinski definition) is 6. The van der Waals surface area contributed by atoms with E-state index in [9.17, 15) is 22.8 Å². The number of alkyl halides is 3. The normalized spacial score (nSPS) is 12.2. The Morgan fingerprint density at radius 3 is 2.50 bits per heavy atom. The summed E-state index contributed by atoms with van der Waals surface area (Å²) in [4.78, 5) is 26.3. The lowest BCUT2D eigenvalue weighted by molar-refractivity contribution is -0.145. The molecule has 1 rings (SSSR count). The molecule has 1 unspecified atom stereocenters. The molecule has 1 heterocycles. The van der Waals surface area contributed by atoms with Crippen LogP contribution in [0.15, 0.2) is 12.1 Å². The Balaban J connectivity index is 3.43. The topological polar surface area (TPSA) is 89.3 Å². The molecule has 0 amide bonds. The Labute approximate surface area is 123 Å². The average Bonchev–Trinajstić information content (AvgIpc) is 2.46. The number of nitriles is 1. The highest BCUT2D eigenvalue weighted by Crippen LogP contribution is 2.30. The van der Waals surface area contributed by atoms with Gasteiger partial charge in [-0.1, -0.05) is 0 Å². The maximum Gasteiger partial charge on any atom is 0.433 e. The molecule has 0 bridgehead atoms. The van der Waals surface area contributed by atoms with Crippen LogP contribution in [0.1, 0.15) is 34.6 Å². The van der Waals surface area contributed by atoms with Crippen LogP contribution in [0.2, 0.25) is 0 Å². The molecule has 0 N–H and O–H groups in total. The zero-order chi connectivity index (χ0) is 16.9. The van der Waals surface area contributed by atoms with Gasteiger partial charge in [0.1, 0.15) is 5.69 Å². The number of carbonyl (C=O) groups excluding carboxylic acids is 2. The number of esters is 2. The predicted octanol–water partition coefficient (Wildman–Crippen LogP) is 2.06. The number of methoxy groups -OCH3 is 1. The Morgan fingerprint density at radius 1 is 1.41 bits per heavy atom. The first-order valence-electron chi connectivity index (χ1n) is 5.98. The summed E-state index contributed by atoms with van der Waals surface area (Å²) < 4.78 is 47.4. The maximum atomic E-state index is 12.8. The van der Waals surface area contributed by atoms with Gasteiger partial charge in [-0.15, -0.1) is 0 Å². The smallest absolute Gasteiger partial charge is 0.433 e. The van der Waals surface area contributed by atoms with Crippen molar-refractivity contribution in [1.82, 2.24) is 4.98 Å². The van der Waals surface area contributed by atoms with Crippen LogP contribution in [0.5, 0.6) is 0 Å². The minimum absolute atomic E-state index is 0.0557. The van der Waals surface area contributed by atoms with Gasteiger partial charge in [0.05, 0.1) is 31.0 Å². The highest BCUT2D eigenvalue weighted by molar-refractivity contribution is 5.90. The van der Waals surface area contributed by atoms with Crippen LogP contribution in [0.25, 0.3) is 0 Å². The molecule has 0 spiro atoms. The minimum Gasteiger partial charge on any atom is -0.465 e. The number of aromatic nitrogens is 1. The van der Waals surface area contributed by atoms with Gasteiger partial charge in [0.25, 0.3) is 0 Å². The first-order valence-corrected chi connectivity index (χ1v) is 5.98. The molecule has 0 fully saturated rings. The van der Waals surface area contributed by atoms with Gasteiger partial charge in [0, 0.05) is 0 Å². The van der Waals surface area contributed by atoms with E-state index in [0.29, 0.717) is 6.07 Å². The van der Waals surface area contributed by atoms with Crippen molar-refractivity contribution in [2.45, 2.75) is 19.0 Å². The minimum atomic E-state index is -4.85. The Morgan fingerprint density at radius 2 is 2.05 bits per heavy atom. The lowest BCUT2D eigenvalue weighted by atomic mass is 10.0. The SMILES string of the molecule is CCOC(=O)C(C#N)c1cc(C(=O)OC)cc(C(F)(F)F)n1. The Kier molecular flexibility index (Phi) is 5.45. The molecule has 0 aliphatic heterocycles. The van der Waals surface area contributed by atoms with Crippen molar-refractivity contribution in [1.29, 1.82) is 5.26 Å². The van der Waals surface area contributed by atoms with Gasteiger partial charge in [0.15, 0.2) is 5.92 Å². The highest BCUT2D eigenvalue weighted by atomic mass is 19.4. The lowest BCUT2D eigenvalue weighted by Crippen LogP contribution is -2.19. The summed E-state index contributed by atoms with van der Waals surface area (Å²) >= 11 is 0. The van der Waals surface area contributed by atoms with Crippen molar-refractivity contribution >= 4 is 11.9 Å². The molecule has 1 aromatic rings. The van der Waals surface area contributed by atoms with Crippen LogP contribution >= 0.6 is 0 Å². The van der Waals surface area contributed by atoms with Crippen molar-refractivity contribution in [3.05, 3.63) is 29.1 Å². The third-order valence-electron chi connectivity index (χ3n) is 2.50. The fraction of sp³-hybridized carbons (Fsp3) is 0.385. The van der Waals surface area contributed by atoms with Gasteiger partial charge in [-0.2, -0.15) is 18.4 Å². The van der Waals surface area contributed by atoms with E-state index in [0.717, 1.165) is 13.2 Å². The monoisotopic (exact) mass is 316 g/mol. The molecule has 0 radical (unpaired) electrons. The zero-order valence-electron chi connectivity index (χ0n) is 11.6. The van der Waals surface area contributed by atoms with Crippen molar-refractivity contribution < 1.29 is 32.2 Å². The third kappa shape index (κ3) is 3.94. The summed E-state index contributed by atoms with van der Waals surface area (Å²) in [6.07, 6.45) is -4.85. The van der Waals surface area contributed by atoms with Gasteiger partial charge in [-0.25, -0.2) is 9.78 Å². The molecular weight excluding hydrogens is 305 g/mol. The molecule has 6 nitrogen and oxygen atoms in total. The third-order valence-corrected chi connectivity index (χ3v) is 2.50. The number of rotatable bonds is 4. The standard InChI is InChI=1S/C13H11F3N2O4/c1-3-22-12(20)8(6-17)9-4-7(11(19)21-2)5-10(18-9)13(14,15)16/h4-5,8H,3H2,1-2H3. The van der Waals surface area contributed by atoms with E-state index in [1.165, 1.54) is 13.0 Å². The van der Waals surface area contributed by atoms with Crippen molar-refractivity contribution in [2.75, 3.05) is 13.7 Å². The summed E-state index contributed by atoms with van der Waals surface area (Å²) in [5.41, 5.74) is -2.41.